The molecule has 19 heavy (non-hydrogen) atoms. The lowest BCUT2D eigenvalue weighted by Gasteiger charge is -2.22. The van der Waals surface area contributed by atoms with Crippen molar-refractivity contribution in [2.24, 2.45) is 11.8 Å². The number of aromatic amines is 1. The lowest BCUT2D eigenvalue weighted by Crippen LogP contribution is -2.17. The molecule has 1 aliphatic rings. The van der Waals surface area contributed by atoms with Crippen molar-refractivity contribution in [1.82, 2.24) is 15.0 Å². The van der Waals surface area contributed by atoms with Crippen LogP contribution in [-0.4, -0.2) is 32.8 Å². The Balaban J connectivity index is 1.87. The Morgan fingerprint density at radius 1 is 1.26 bits per heavy atom. The Morgan fingerprint density at radius 2 is 2.05 bits per heavy atom. The number of hydrogen-bond acceptors (Lipinski definition) is 2. The van der Waals surface area contributed by atoms with Crippen LogP contribution in [0.25, 0.3) is 11.0 Å². The van der Waals surface area contributed by atoms with Crippen molar-refractivity contribution in [1.29, 1.82) is 0 Å². The van der Waals surface area contributed by atoms with Crippen molar-refractivity contribution >= 4 is 23.1 Å². The van der Waals surface area contributed by atoms with E-state index in [2.05, 4.69) is 39.7 Å². The summed E-state index contributed by atoms with van der Waals surface area (Å²) < 4.78 is 2.17. The summed E-state index contributed by atoms with van der Waals surface area (Å²) in [6.45, 7) is 2.35. The van der Waals surface area contributed by atoms with Crippen LogP contribution in [0.4, 0.5) is 5.82 Å². The summed E-state index contributed by atoms with van der Waals surface area (Å²) in [4.78, 5) is 11.8. The molecule has 4 heteroatoms. The fraction of sp³-hybridized carbons (Fsp3) is 0.533. The summed E-state index contributed by atoms with van der Waals surface area (Å²) in [5.74, 6) is 2.57. The summed E-state index contributed by atoms with van der Waals surface area (Å²) in [5, 5.41) is 1.09. The first-order chi connectivity index (χ1) is 9.24. The Morgan fingerprint density at radius 3 is 2.84 bits per heavy atom. The Bertz CT molecular complexity index is 591. The van der Waals surface area contributed by atoms with E-state index in [0.717, 1.165) is 22.8 Å². The van der Waals surface area contributed by atoms with E-state index in [4.69, 9.17) is 0 Å². The molecule has 0 aliphatic heterocycles. The fourth-order valence-electron chi connectivity index (χ4n) is 2.96. The summed E-state index contributed by atoms with van der Waals surface area (Å²) >= 11 is 0. The molecule has 0 unspecified atom stereocenters. The van der Waals surface area contributed by atoms with Crippen molar-refractivity contribution in [3.63, 3.8) is 0 Å². The zero-order valence-electron chi connectivity index (χ0n) is 11.6. The molecule has 4 nitrogen and oxygen atoms in total. The maximum atomic E-state index is 4.42. The van der Waals surface area contributed by atoms with Gasteiger partial charge in [0.25, 0.3) is 0 Å². The van der Waals surface area contributed by atoms with Crippen LogP contribution in [0.3, 0.4) is 0 Å². The molecule has 2 heterocycles. The van der Waals surface area contributed by atoms with E-state index < -0.39 is 0 Å². The minimum atomic E-state index is 0.685. The van der Waals surface area contributed by atoms with Crippen LogP contribution in [0.5, 0.6) is 0 Å². The molecule has 1 saturated carbocycles. The molecule has 0 spiro atoms. The van der Waals surface area contributed by atoms with Gasteiger partial charge in [0.05, 0.1) is 13.3 Å². The maximum absolute atomic E-state index is 4.42. The molecular weight excluding hydrogens is 236 g/mol. The number of H-pyrrole nitrogens is 1. The lowest BCUT2D eigenvalue weighted by atomic mass is 9.84. The molecule has 1 N–H and O–H groups in total. The van der Waals surface area contributed by atoms with Crippen LogP contribution in [0.1, 0.15) is 32.6 Å². The molecule has 0 radical (unpaired) electrons. The van der Waals surface area contributed by atoms with Gasteiger partial charge in [-0.05, 0) is 29.8 Å². The Hall–Kier alpha value is -1.71. The second-order valence-electron chi connectivity index (χ2n) is 5.72. The molecule has 0 saturated heterocycles. The van der Waals surface area contributed by atoms with Crippen LogP contribution in [0.15, 0.2) is 18.6 Å². The fourth-order valence-corrected chi connectivity index (χ4v) is 2.96. The molecule has 2 aromatic rings. The average molecular weight is 257 g/mol. The van der Waals surface area contributed by atoms with Gasteiger partial charge in [0.1, 0.15) is 11.0 Å². The smallest absolute Gasteiger partial charge is 0.335 e. The molecule has 2 aromatic heterocycles. The summed E-state index contributed by atoms with van der Waals surface area (Å²) in [6, 6.07) is 2.04. The summed E-state index contributed by atoms with van der Waals surface area (Å²) in [7, 11) is 2.09. The quantitative estimate of drug-likeness (QED) is 0.663. The molecule has 1 fully saturated rings. The highest BCUT2D eigenvalue weighted by Gasteiger charge is 2.20. The van der Waals surface area contributed by atoms with Crippen molar-refractivity contribution in [3.05, 3.63) is 18.6 Å². The molecule has 1 aliphatic carbocycles. The highest BCUT2D eigenvalue weighted by Crippen LogP contribution is 2.28. The largest absolute Gasteiger partial charge is 0.346 e. The standard InChI is InChI=1S/C15H21N4/c1-11-3-5-12(6-4-11)9-19(2)15-13-7-8-16-14(13)17-10-18-15/h7-12H,3-6H2,1-2H3,(H,16,17,18)/q+1. The van der Waals surface area contributed by atoms with Crippen LogP contribution in [0, 0.1) is 11.8 Å². The van der Waals surface area contributed by atoms with Gasteiger partial charge in [0.15, 0.2) is 0 Å². The van der Waals surface area contributed by atoms with E-state index >= 15 is 0 Å². The number of nitrogens with zero attached hydrogens (tertiary/aromatic N) is 3. The van der Waals surface area contributed by atoms with Gasteiger partial charge in [0.2, 0.25) is 6.33 Å². The molecule has 0 amide bonds. The lowest BCUT2D eigenvalue weighted by molar-refractivity contribution is -0.405. The topological polar surface area (TPSA) is 44.6 Å². The van der Waals surface area contributed by atoms with Crippen LogP contribution < -0.4 is 0 Å². The van der Waals surface area contributed by atoms with Gasteiger partial charge < -0.3 is 4.98 Å². The first-order valence-corrected chi connectivity index (χ1v) is 7.10. The van der Waals surface area contributed by atoms with E-state index in [-0.39, 0.29) is 0 Å². The van der Waals surface area contributed by atoms with Gasteiger partial charge >= 0.3 is 5.82 Å². The minimum absolute atomic E-state index is 0.685. The third-order valence-electron chi connectivity index (χ3n) is 4.16. The van der Waals surface area contributed by atoms with Crippen LogP contribution >= 0.6 is 0 Å². The molecule has 0 bridgehead atoms. The van der Waals surface area contributed by atoms with Gasteiger partial charge in [-0.2, -0.15) is 4.98 Å². The van der Waals surface area contributed by atoms with Crippen LogP contribution in [-0.2, 0) is 0 Å². The first kappa shape index (κ1) is 12.3. The Kier molecular flexibility index (Phi) is 3.32. The molecule has 0 aromatic carbocycles. The molecular formula is C15H21N4+. The van der Waals surface area contributed by atoms with Crippen molar-refractivity contribution in [2.75, 3.05) is 7.05 Å². The maximum Gasteiger partial charge on any atom is 0.335 e. The van der Waals surface area contributed by atoms with Gasteiger partial charge in [-0.25, -0.2) is 4.58 Å². The zero-order chi connectivity index (χ0) is 13.2. The molecule has 3 rings (SSSR count). The minimum Gasteiger partial charge on any atom is -0.346 e. The highest BCUT2D eigenvalue weighted by molar-refractivity contribution is 5.83. The van der Waals surface area contributed by atoms with E-state index in [9.17, 15) is 0 Å². The van der Waals surface area contributed by atoms with E-state index in [1.807, 2.05) is 12.3 Å². The van der Waals surface area contributed by atoms with Gasteiger partial charge in [-0.3, -0.25) is 0 Å². The number of aromatic nitrogens is 3. The highest BCUT2D eigenvalue weighted by atomic mass is 15.1. The van der Waals surface area contributed by atoms with Gasteiger partial charge in [0, 0.05) is 12.1 Å². The first-order valence-electron chi connectivity index (χ1n) is 7.10. The summed E-state index contributed by atoms with van der Waals surface area (Å²) in [6.07, 6.45) is 11.2. The molecule has 0 atom stereocenters. The molecule has 100 valence electrons. The normalized spacial score (nSPS) is 24.8. The number of fused-ring (bicyclic) bond motifs is 1. The van der Waals surface area contributed by atoms with Gasteiger partial charge in [-0.1, -0.05) is 19.8 Å². The van der Waals surface area contributed by atoms with Gasteiger partial charge in [-0.15, -0.1) is 0 Å². The van der Waals surface area contributed by atoms with Crippen molar-refractivity contribution < 1.29 is 4.58 Å². The average Bonchev–Trinajstić information content (AvgIpc) is 2.89. The predicted octanol–water partition coefficient (Wildman–Crippen LogP) is 3.13. The van der Waals surface area contributed by atoms with E-state index in [0.29, 0.717) is 5.92 Å². The SMILES string of the molecule is CC1CCC(C=[N+](C)c2ncnc3[nH]ccc23)CC1. The summed E-state index contributed by atoms with van der Waals surface area (Å²) in [5.41, 5.74) is 0.905. The van der Waals surface area contributed by atoms with Crippen molar-refractivity contribution in [3.8, 4) is 0 Å². The van der Waals surface area contributed by atoms with Crippen LogP contribution in [0.2, 0.25) is 0 Å². The monoisotopic (exact) mass is 257 g/mol. The predicted molar refractivity (Wildman–Crippen MR) is 76.9 cm³/mol. The Labute approximate surface area is 113 Å². The number of hydrogen-bond donors (Lipinski definition) is 1. The van der Waals surface area contributed by atoms with Crippen molar-refractivity contribution in [2.45, 2.75) is 32.6 Å². The zero-order valence-corrected chi connectivity index (χ0v) is 11.6. The third-order valence-corrected chi connectivity index (χ3v) is 4.16. The van der Waals surface area contributed by atoms with E-state index in [1.165, 1.54) is 25.7 Å². The second-order valence-corrected chi connectivity index (χ2v) is 5.72. The van der Waals surface area contributed by atoms with E-state index in [1.54, 1.807) is 6.33 Å². The number of nitrogens with one attached hydrogen (secondary N) is 1. The second kappa shape index (κ2) is 5.11. The third kappa shape index (κ3) is 2.53. The number of rotatable bonds is 2.